The molecule has 0 radical (unpaired) electrons. The predicted octanol–water partition coefficient (Wildman–Crippen LogP) is 3.88. The molecule has 1 rings (SSSR count). The van der Waals surface area contributed by atoms with Gasteiger partial charge in [-0.15, -0.1) is 0 Å². The molecule has 0 saturated heterocycles. The van der Waals surface area contributed by atoms with Crippen molar-refractivity contribution in [1.29, 1.82) is 0 Å². The lowest BCUT2D eigenvalue weighted by molar-refractivity contribution is 1.13. The van der Waals surface area contributed by atoms with E-state index in [-0.39, 0.29) is 0 Å². The molecule has 0 amide bonds. The first-order chi connectivity index (χ1) is 9.67. The largest absolute Gasteiger partial charge is 0.378 e. The summed E-state index contributed by atoms with van der Waals surface area (Å²) < 4.78 is 0. The molecule has 0 heterocycles. The molecule has 1 aromatic rings. The van der Waals surface area contributed by atoms with Crippen LogP contribution in [0.15, 0.2) is 59.6 Å². The summed E-state index contributed by atoms with van der Waals surface area (Å²) in [7, 11) is 4.07. The van der Waals surface area contributed by atoms with Crippen molar-refractivity contribution in [3.05, 3.63) is 60.2 Å². The van der Waals surface area contributed by atoms with E-state index < -0.39 is 0 Å². The van der Waals surface area contributed by atoms with Crippen LogP contribution in [-0.4, -0.2) is 32.6 Å². The first-order valence-corrected chi connectivity index (χ1v) is 7.19. The van der Waals surface area contributed by atoms with Crippen molar-refractivity contribution in [2.24, 2.45) is 4.99 Å². The van der Waals surface area contributed by atoms with E-state index in [4.69, 9.17) is 0 Å². The van der Waals surface area contributed by atoms with Crippen molar-refractivity contribution in [1.82, 2.24) is 0 Å². The minimum absolute atomic E-state index is 0.736. The van der Waals surface area contributed by atoms with Gasteiger partial charge < -0.3 is 4.90 Å². The molecule has 1 aromatic carbocycles. The minimum Gasteiger partial charge on any atom is -0.378 e. The number of aliphatic imine (C=N–C) groups is 1. The Morgan fingerprint density at radius 3 is 2.55 bits per heavy atom. The predicted molar refractivity (Wildman–Crippen MR) is 95.3 cm³/mol. The summed E-state index contributed by atoms with van der Waals surface area (Å²) in [6.45, 7) is 4.54. The number of benzene rings is 1. The Morgan fingerprint density at radius 2 is 2.00 bits per heavy atom. The third-order valence-electron chi connectivity index (χ3n) is 2.71. The number of rotatable bonds is 7. The van der Waals surface area contributed by atoms with Crippen LogP contribution in [0, 0.1) is 0 Å². The second kappa shape index (κ2) is 9.21. The van der Waals surface area contributed by atoms with Crippen molar-refractivity contribution in [3.8, 4) is 0 Å². The normalized spacial score (nSPS) is 12.2. The molecule has 2 nitrogen and oxygen atoms in total. The van der Waals surface area contributed by atoms with E-state index in [2.05, 4.69) is 59.4 Å². The van der Waals surface area contributed by atoms with Crippen LogP contribution in [0.2, 0.25) is 0 Å². The van der Waals surface area contributed by atoms with Crippen LogP contribution in [0.5, 0.6) is 0 Å². The molecule has 106 valence electrons. The molecule has 0 aliphatic heterocycles. The highest BCUT2D eigenvalue weighted by molar-refractivity contribution is 7.80. The fraction of sp³-hybridized carbons (Fsp3) is 0.235. The first-order valence-electron chi connectivity index (χ1n) is 6.56. The number of hydrogen-bond donors (Lipinski definition) is 1. The average Bonchev–Trinajstić information content (AvgIpc) is 2.47. The van der Waals surface area contributed by atoms with Gasteiger partial charge in [0.2, 0.25) is 0 Å². The van der Waals surface area contributed by atoms with Gasteiger partial charge in [-0.2, -0.15) is 12.6 Å². The lowest BCUT2D eigenvalue weighted by Crippen LogP contribution is -2.07. The standard InChI is InChI=1S/C17H22N2S/c1-4-15(11-12-18-13-14-20)5-6-16-7-9-17(10-8-16)19(2)3/h4-12,20H,1,13-14H2,2-3H3/b6-5+,15-11+,18-12?. The van der Waals surface area contributed by atoms with E-state index >= 15 is 0 Å². The Bertz CT molecular complexity index is 496. The maximum atomic E-state index is 4.20. The van der Waals surface area contributed by atoms with E-state index in [1.165, 1.54) is 5.69 Å². The number of nitrogens with zero attached hydrogens (tertiary/aromatic N) is 2. The van der Waals surface area contributed by atoms with Crippen LogP contribution >= 0.6 is 12.6 Å². The third-order valence-corrected chi connectivity index (χ3v) is 2.91. The molecule has 0 aliphatic rings. The van der Waals surface area contributed by atoms with Gasteiger partial charge >= 0.3 is 0 Å². The summed E-state index contributed by atoms with van der Waals surface area (Å²) in [5.41, 5.74) is 3.39. The zero-order chi connectivity index (χ0) is 14.8. The summed E-state index contributed by atoms with van der Waals surface area (Å²) in [5, 5.41) is 0. The highest BCUT2D eigenvalue weighted by atomic mass is 32.1. The Labute approximate surface area is 127 Å². The minimum atomic E-state index is 0.736. The lowest BCUT2D eigenvalue weighted by atomic mass is 10.1. The quantitative estimate of drug-likeness (QED) is 0.457. The Balaban J connectivity index is 2.71. The Hall–Kier alpha value is -1.74. The van der Waals surface area contributed by atoms with Gasteiger partial charge in [-0.25, -0.2) is 0 Å². The molecule has 0 atom stereocenters. The van der Waals surface area contributed by atoms with Crippen molar-refractivity contribution < 1.29 is 0 Å². The van der Waals surface area contributed by atoms with Crippen molar-refractivity contribution in [2.45, 2.75) is 0 Å². The van der Waals surface area contributed by atoms with Crippen LogP contribution in [0.25, 0.3) is 6.08 Å². The molecular weight excluding hydrogens is 264 g/mol. The summed E-state index contributed by atoms with van der Waals surface area (Å²) in [6.07, 6.45) is 9.66. The lowest BCUT2D eigenvalue weighted by Gasteiger charge is -2.11. The van der Waals surface area contributed by atoms with Crippen LogP contribution in [-0.2, 0) is 0 Å². The molecule has 0 fully saturated rings. The van der Waals surface area contributed by atoms with E-state index in [9.17, 15) is 0 Å². The zero-order valence-corrected chi connectivity index (χ0v) is 13.1. The summed E-state index contributed by atoms with van der Waals surface area (Å²) in [5.74, 6) is 0.766. The monoisotopic (exact) mass is 286 g/mol. The van der Waals surface area contributed by atoms with Crippen molar-refractivity contribution >= 4 is 30.6 Å². The van der Waals surface area contributed by atoms with Gasteiger partial charge in [0.15, 0.2) is 0 Å². The second-order valence-corrected chi connectivity index (χ2v) is 4.92. The number of allylic oxidation sites excluding steroid dienone is 4. The van der Waals surface area contributed by atoms with Crippen molar-refractivity contribution in [2.75, 3.05) is 31.3 Å². The van der Waals surface area contributed by atoms with Gasteiger partial charge in [-0.05, 0) is 29.3 Å². The van der Waals surface area contributed by atoms with Crippen molar-refractivity contribution in [3.63, 3.8) is 0 Å². The highest BCUT2D eigenvalue weighted by Gasteiger charge is 1.93. The summed E-state index contributed by atoms with van der Waals surface area (Å²) >= 11 is 4.11. The number of hydrogen-bond acceptors (Lipinski definition) is 3. The second-order valence-electron chi connectivity index (χ2n) is 4.47. The molecular formula is C17H22N2S. The maximum absolute atomic E-state index is 4.20. The molecule has 0 spiro atoms. The average molecular weight is 286 g/mol. The first kappa shape index (κ1) is 16.3. The third kappa shape index (κ3) is 5.93. The van der Waals surface area contributed by atoms with E-state index in [0.29, 0.717) is 0 Å². The van der Waals surface area contributed by atoms with E-state index in [1.54, 1.807) is 6.21 Å². The summed E-state index contributed by atoms with van der Waals surface area (Å²) in [6, 6.07) is 8.40. The molecule has 0 aliphatic carbocycles. The zero-order valence-electron chi connectivity index (χ0n) is 12.2. The van der Waals surface area contributed by atoms with E-state index in [1.807, 2.05) is 32.3 Å². The van der Waals surface area contributed by atoms with Crippen LogP contribution in [0.3, 0.4) is 0 Å². The number of thiol groups is 1. The van der Waals surface area contributed by atoms with Gasteiger partial charge in [0, 0.05) is 38.3 Å². The molecule has 3 heteroatoms. The molecule has 0 N–H and O–H groups in total. The topological polar surface area (TPSA) is 15.6 Å². The van der Waals surface area contributed by atoms with Crippen LogP contribution in [0.4, 0.5) is 5.69 Å². The van der Waals surface area contributed by atoms with Gasteiger partial charge in [0.1, 0.15) is 0 Å². The molecule has 0 unspecified atom stereocenters. The smallest absolute Gasteiger partial charge is 0.0477 e. The molecule has 0 bridgehead atoms. The van der Waals surface area contributed by atoms with Crippen LogP contribution < -0.4 is 4.90 Å². The number of anilines is 1. The SMILES string of the molecule is C=CC(/C=C/c1ccc(N(C)C)cc1)=C\C=NCCS. The highest BCUT2D eigenvalue weighted by Crippen LogP contribution is 2.14. The van der Waals surface area contributed by atoms with Gasteiger partial charge in [-0.1, -0.05) is 36.9 Å². The molecule has 0 aromatic heterocycles. The van der Waals surface area contributed by atoms with Gasteiger partial charge in [0.25, 0.3) is 0 Å². The fourth-order valence-corrected chi connectivity index (χ4v) is 1.65. The molecule has 0 saturated carbocycles. The van der Waals surface area contributed by atoms with E-state index in [0.717, 1.165) is 23.4 Å². The molecule has 20 heavy (non-hydrogen) atoms. The Kier molecular flexibility index (Phi) is 7.51. The van der Waals surface area contributed by atoms with Gasteiger partial charge in [-0.3, -0.25) is 4.99 Å². The maximum Gasteiger partial charge on any atom is 0.0477 e. The summed E-state index contributed by atoms with van der Waals surface area (Å²) in [4.78, 5) is 6.28. The van der Waals surface area contributed by atoms with Gasteiger partial charge in [0.05, 0.1) is 0 Å². The Morgan fingerprint density at radius 1 is 1.30 bits per heavy atom. The fourth-order valence-electron chi connectivity index (χ4n) is 1.54. The van der Waals surface area contributed by atoms with Crippen LogP contribution in [0.1, 0.15) is 5.56 Å².